The molecule has 0 spiro atoms. The molecule has 3 saturated heterocycles. The summed E-state index contributed by atoms with van der Waals surface area (Å²) >= 11 is 9.54. The van der Waals surface area contributed by atoms with E-state index in [1.54, 1.807) is 7.11 Å². The van der Waals surface area contributed by atoms with E-state index in [2.05, 4.69) is 154 Å². The molecule has 6 heterocycles. The van der Waals surface area contributed by atoms with Crippen LogP contribution in [0.2, 0.25) is 39.3 Å². The second kappa shape index (κ2) is 36.3. The molecule has 32 heteroatoms. The average molecular weight is 1630 g/mol. The number of carbonyl (C=O) groups excluding carboxylic acids is 3. The molecule has 0 aromatic carbocycles. The van der Waals surface area contributed by atoms with E-state index in [1.165, 1.54) is 48.9 Å². The zero-order valence-electron chi connectivity index (χ0n) is 42.5. The molecule has 5 N–H and O–H groups in total. The molecular formula is C41H72I5N12O13Si2-. The molecule has 3 aliphatic rings. The van der Waals surface area contributed by atoms with Gasteiger partial charge in [0, 0.05) is 84.4 Å². The van der Waals surface area contributed by atoms with Crippen LogP contribution in [0.5, 0.6) is 6.01 Å². The molecule has 3 fully saturated rings. The molecule has 0 saturated carbocycles. The van der Waals surface area contributed by atoms with Gasteiger partial charge in [0.25, 0.3) is 0 Å². The SMILES string of the molecule is C.CC[C@H]1OC(OC)CC1OC(C)=O.CC[C@H]1O[C@@H](n2cnc(N)nc2=O)CC1OC(C)=O.CC[C@H]1O[C@H](n2cnc(N)nc2=O)CC1OC(C)=O.C[Si](C)(C)Nc1ncnc(O[Si](C)(C)C)n1.II.I[I-]I. The van der Waals surface area contributed by atoms with Gasteiger partial charge in [-0.05, 0) is 38.9 Å². The molecule has 73 heavy (non-hydrogen) atoms. The summed E-state index contributed by atoms with van der Waals surface area (Å²) in [7, 11) is -1.48. The van der Waals surface area contributed by atoms with Gasteiger partial charge >= 0.3 is 85.8 Å². The summed E-state index contributed by atoms with van der Waals surface area (Å²) in [5.41, 5.74) is 9.59. The van der Waals surface area contributed by atoms with Crippen molar-refractivity contribution in [2.45, 2.75) is 182 Å². The monoisotopic (exact) mass is 1630 g/mol. The Morgan fingerprint density at radius 1 is 0.699 bits per heavy atom. The molecule has 418 valence electrons. The third kappa shape index (κ3) is 27.9. The van der Waals surface area contributed by atoms with Crippen LogP contribution in [0.15, 0.2) is 28.6 Å². The van der Waals surface area contributed by atoms with Crippen LogP contribution >= 0.6 is 74.5 Å². The fourth-order valence-corrected chi connectivity index (χ4v) is 8.21. The first-order valence-electron chi connectivity index (χ1n) is 22.4. The van der Waals surface area contributed by atoms with Crippen molar-refractivity contribution in [3.8, 4) is 6.01 Å². The van der Waals surface area contributed by atoms with Crippen LogP contribution in [0, 0.1) is 0 Å². The van der Waals surface area contributed by atoms with Crippen molar-refractivity contribution >= 4 is 127 Å². The molecule has 0 amide bonds. The number of anilines is 3. The first kappa shape index (κ1) is 71.2. The number of ether oxygens (including phenoxy) is 7. The van der Waals surface area contributed by atoms with Gasteiger partial charge in [-0.2, -0.15) is 19.9 Å². The normalized spacial score (nSPS) is 22.7. The molecular weight excluding hydrogens is 1560 g/mol. The Morgan fingerprint density at radius 3 is 1.41 bits per heavy atom. The fourth-order valence-electron chi connectivity index (χ4n) is 6.78. The molecule has 0 aliphatic carbocycles. The van der Waals surface area contributed by atoms with Gasteiger partial charge in [0.05, 0.1) is 18.3 Å². The maximum atomic E-state index is 11.7. The van der Waals surface area contributed by atoms with Crippen LogP contribution in [0.4, 0.5) is 17.8 Å². The van der Waals surface area contributed by atoms with Crippen LogP contribution in [-0.2, 0) is 47.5 Å². The number of nitrogens with one attached hydrogen (secondary N) is 1. The number of nitrogens with two attached hydrogens (primary N) is 2. The summed E-state index contributed by atoms with van der Waals surface area (Å²) in [6, 6.07) is 0.426. The predicted octanol–water partition coefficient (Wildman–Crippen LogP) is 4.30. The topological polar surface area (TPSA) is 323 Å². The molecule has 0 radical (unpaired) electrons. The van der Waals surface area contributed by atoms with Gasteiger partial charge in [0.2, 0.25) is 26.2 Å². The zero-order valence-corrected chi connectivity index (χ0v) is 55.3. The number of hydrogen-bond acceptors (Lipinski definition) is 23. The van der Waals surface area contributed by atoms with Crippen LogP contribution in [0.25, 0.3) is 0 Å². The number of nitrogen functional groups attached to an aromatic ring is 2. The first-order valence-corrected chi connectivity index (χ1v) is 48.1. The Morgan fingerprint density at radius 2 is 1.08 bits per heavy atom. The fraction of sp³-hybridized carbons (Fsp3) is 0.707. The quantitative estimate of drug-likeness (QED) is 0.0929. The number of hydrogen-bond donors (Lipinski definition) is 3. The molecule has 25 nitrogen and oxygen atoms in total. The summed E-state index contributed by atoms with van der Waals surface area (Å²) in [4.78, 5) is 86.5. The van der Waals surface area contributed by atoms with Crippen molar-refractivity contribution in [1.29, 1.82) is 0 Å². The Bertz CT molecular complexity index is 2110. The Hall–Kier alpha value is -1.84. The van der Waals surface area contributed by atoms with Gasteiger partial charge in [-0.3, -0.25) is 23.5 Å². The molecule has 4 unspecified atom stereocenters. The van der Waals surface area contributed by atoms with Gasteiger partial charge in [-0.15, -0.1) is 0 Å². The van der Waals surface area contributed by atoms with E-state index in [0.29, 0.717) is 57.3 Å². The summed E-state index contributed by atoms with van der Waals surface area (Å²) in [6.07, 6.45) is 5.01. The van der Waals surface area contributed by atoms with Crippen molar-refractivity contribution in [2.24, 2.45) is 0 Å². The van der Waals surface area contributed by atoms with E-state index < -0.39 is 40.4 Å². The van der Waals surface area contributed by atoms with Gasteiger partial charge in [0.15, 0.2) is 6.29 Å². The van der Waals surface area contributed by atoms with E-state index in [0.717, 1.165) is 6.42 Å². The zero-order chi connectivity index (χ0) is 54.9. The minimum atomic E-state index is -1.65. The second-order valence-electron chi connectivity index (χ2n) is 17.5. The van der Waals surface area contributed by atoms with Crippen molar-refractivity contribution < 1.29 is 65.2 Å². The summed E-state index contributed by atoms with van der Waals surface area (Å²) in [6.45, 7) is 22.8. The molecule has 9 atom stereocenters. The van der Waals surface area contributed by atoms with Crippen LogP contribution in [-0.4, -0.2) is 129 Å². The van der Waals surface area contributed by atoms with Crippen molar-refractivity contribution in [3.63, 3.8) is 0 Å². The second-order valence-corrected chi connectivity index (χ2v) is 42.9. The number of carbonyl (C=O) groups is 3. The Labute approximate surface area is 482 Å². The average Bonchev–Trinajstić information content (AvgIpc) is 4.00. The van der Waals surface area contributed by atoms with Crippen molar-refractivity contribution in [1.82, 2.24) is 44.0 Å². The van der Waals surface area contributed by atoms with Gasteiger partial charge in [0.1, 0.15) is 58.0 Å². The van der Waals surface area contributed by atoms with Gasteiger partial charge in [-0.25, -0.2) is 24.5 Å². The Balaban J connectivity index is 0.000000922. The Kier molecular flexibility index (Phi) is 35.4. The van der Waals surface area contributed by atoms with E-state index in [-0.39, 0.29) is 80.1 Å². The van der Waals surface area contributed by atoms with E-state index >= 15 is 0 Å². The van der Waals surface area contributed by atoms with Gasteiger partial charge in [-0.1, -0.05) is 47.8 Å². The van der Waals surface area contributed by atoms with Crippen LogP contribution < -0.4 is 45.5 Å². The molecule has 0 bridgehead atoms. The number of rotatable bonds is 13. The van der Waals surface area contributed by atoms with E-state index in [1.807, 2.05) is 20.8 Å². The van der Waals surface area contributed by atoms with E-state index in [4.69, 9.17) is 49.1 Å². The third-order valence-corrected chi connectivity index (χ3v) is 11.3. The number of methoxy groups -OCH3 is 1. The van der Waals surface area contributed by atoms with Crippen LogP contribution in [0.1, 0.15) is 99.9 Å². The number of nitrogens with zero attached hydrogens (tertiary/aromatic N) is 9. The maximum absolute atomic E-state index is 11.7. The van der Waals surface area contributed by atoms with Crippen molar-refractivity contribution in [3.05, 3.63) is 40.0 Å². The molecule has 6 rings (SSSR count). The summed E-state index contributed by atoms with van der Waals surface area (Å²) < 4.78 is 45.6. The van der Waals surface area contributed by atoms with Crippen molar-refractivity contribution in [2.75, 3.05) is 23.6 Å². The molecule has 3 aromatic heterocycles. The third-order valence-electron chi connectivity index (χ3n) is 9.49. The standard InChI is InChI=1S/2C11H16N4O4.C9H20N4OSi2.C9H16O4.CH4.I3.I2/c2*1-3-7-8(18-6(2)16)4-9(19-7)15-5-13-10(12)14-11(15)17;1-15(2,3)13-8-10-7-11-9(12-8)14-16(4,5)6;1-4-7-8(12-6(2)10)5-9(11-3)13-7;;1-3-2;1-2/h2*5,7-9H,3-4H2,1-2H3,(H2,12,14,17);7H,1-6H3,(H,10,11,12,13);7-9H,4-5H2,1-3H3;1H4;;/q;;;;;-1;/t7-,8?,9+;7-,8?,9-;;7-,8?,9?;;;/m11.1.../s1. The van der Waals surface area contributed by atoms with Gasteiger partial charge < -0.3 is 54.0 Å². The number of esters is 3. The molecule has 3 aliphatic heterocycles. The predicted molar refractivity (Wildman–Crippen MR) is 310 cm³/mol. The molecule has 3 aromatic rings. The number of halogens is 5. The van der Waals surface area contributed by atoms with E-state index in [9.17, 15) is 24.0 Å². The minimum absolute atomic E-state index is 0. The van der Waals surface area contributed by atoms with Crippen LogP contribution in [0.3, 0.4) is 0 Å². The summed E-state index contributed by atoms with van der Waals surface area (Å²) in [5, 5.41) is 0. The first-order chi connectivity index (χ1) is 33.8. The summed E-state index contributed by atoms with van der Waals surface area (Å²) in [5.74, 6) is -0.543. The number of aromatic nitrogens is 9.